The predicted molar refractivity (Wildman–Crippen MR) is 137 cm³/mol. The molecule has 2 aromatic carbocycles. The largest absolute Gasteiger partial charge is 0.353 e. The normalized spacial score (nSPS) is 13.3. The lowest BCUT2D eigenvalue weighted by Gasteiger charge is -2.35. The van der Waals surface area contributed by atoms with Gasteiger partial charge < -0.3 is 14.4 Å². The van der Waals surface area contributed by atoms with Crippen LogP contribution in [-0.4, -0.2) is 51.5 Å². The zero-order valence-electron chi connectivity index (χ0n) is 18.2. The summed E-state index contributed by atoms with van der Waals surface area (Å²) in [5, 5.41) is 0. The number of hydrogen-bond acceptors (Lipinski definition) is 4. The molecule has 8 heteroatoms. The molecular weight excluding hydrogens is 457 g/mol. The number of carbonyl (C=O) groups is 1. The van der Waals surface area contributed by atoms with E-state index in [0.29, 0.717) is 26.1 Å². The molecule has 0 bridgehead atoms. The Kier molecular flexibility index (Phi) is 8.31. The zero-order valence-corrected chi connectivity index (χ0v) is 19.8. The van der Waals surface area contributed by atoms with Crippen LogP contribution in [0.5, 0.6) is 0 Å². The van der Waals surface area contributed by atoms with E-state index in [-0.39, 0.29) is 30.7 Å². The number of pyridine rings is 1. The van der Waals surface area contributed by atoms with Crippen molar-refractivity contribution in [3.63, 3.8) is 0 Å². The maximum absolute atomic E-state index is 13.2. The second kappa shape index (κ2) is 11.2. The van der Waals surface area contributed by atoms with Crippen molar-refractivity contribution in [2.24, 2.45) is 0 Å². The highest BCUT2D eigenvalue weighted by atomic mass is 35.5. The number of aromatic nitrogens is 3. The molecule has 1 fully saturated rings. The van der Waals surface area contributed by atoms with Crippen molar-refractivity contribution in [1.29, 1.82) is 0 Å². The van der Waals surface area contributed by atoms with Crippen molar-refractivity contribution in [3.8, 4) is 0 Å². The van der Waals surface area contributed by atoms with Crippen LogP contribution in [0.2, 0.25) is 0 Å². The summed E-state index contributed by atoms with van der Waals surface area (Å²) in [4.78, 5) is 26.7. The summed E-state index contributed by atoms with van der Waals surface area (Å²) in [5.74, 6) is 2.03. The number of para-hydroxylation sites is 2. The van der Waals surface area contributed by atoms with Gasteiger partial charge in [0.1, 0.15) is 18.2 Å². The fraction of sp³-hybridized carbons (Fsp3) is 0.240. The summed E-state index contributed by atoms with van der Waals surface area (Å²) in [5.41, 5.74) is 3.13. The third kappa shape index (κ3) is 5.46. The van der Waals surface area contributed by atoms with Gasteiger partial charge in [0.15, 0.2) is 0 Å². The van der Waals surface area contributed by atoms with Crippen molar-refractivity contribution in [2.45, 2.75) is 13.0 Å². The van der Waals surface area contributed by atoms with Gasteiger partial charge in [-0.2, -0.15) is 0 Å². The van der Waals surface area contributed by atoms with Crippen LogP contribution in [0.4, 0.5) is 5.82 Å². The van der Waals surface area contributed by atoms with E-state index in [0.717, 1.165) is 35.8 Å². The molecule has 1 amide bonds. The number of nitrogens with zero attached hydrogens (tertiary/aromatic N) is 5. The second-order valence-electron chi connectivity index (χ2n) is 7.82. The van der Waals surface area contributed by atoms with Crippen molar-refractivity contribution in [3.05, 3.63) is 90.4 Å². The number of benzene rings is 2. The summed E-state index contributed by atoms with van der Waals surface area (Å²) >= 11 is 0. The number of fused-ring (bicyclic) bond motifs is 1. The summed E-state index contributed by atoms with van der Waals surface area (Å²) in [6, 6.07) is 24.3. The van der Waals surface area contributed by atoms with Gasteiger partial charge in [-0.1, -0.05) is 48.5 Å². The Labute approximate surface area is 206 Å². The van der Waals surface area contributed by atoms with E-state index in [1.54, 1.807) is 0 Å². The Balaban J connectivity index is 0.00000153. The maximum Gasteiger partial charge on any atom is 0.242 e. The Morgan fingerprint density at radius 2 is 1.52 bits per heavy atom. The Hall–Kier alpha value is -3.09. The number of piperazine rings is 1. The fourth-order valence-electron chi connectivity index (χ4n) is 4.18. The molecule has 0 radical (unpaired) electrons. The van der Waals surface area contributed by atoms with Crippen molar-refractivity contribution >= 4 is 47.6 Å². The number of hydrogen-bond donors (Lipinski definition) is 0. The molecule has 4 aromatic rings. The van der Waals surface area contributed by atoms with Gasteiger partial charge in [-0.05, 0) is 29.8 Å². The topological polar surface area (TPSA) is 54.3 Å². The molecule has 1 aliphatic rings. The Morgan fingerprint density at radius 1 is 0.818 bits per heavy atom. The summed E-state index contributed by atoms with van der Waals surface area (Å²) < 4.78 is 2.08. The number of rotatable bonds is 5. The number of halogens is 2. The molecule has 1 saturated heterocycles. The van der Waals surface area contributed by atoms with E-state index in [9.17, 15) is 4.79 Å². The average Bonchev–Trinajstić information content (AvgIpc) is 3.17. The van der Waals surface area contributed by atoms with Gasteiger partial charge in [0.2, 0.25) is 5.91 Å². The van der Waals surface area contributed by atoms with Gasteiger partial charge in [-0.15, -0.1) is 24.8 Å². The number of imidazole rings is 1. The lowest BCUT2D eigenvalue weighted by molar-refractivity contribution is -0.132. The van der Waals surface area contributed by atoms with E-state index in [1.807, 2.05) is 71.8 Å². The molecule has 0 unspecified atom stereocenters. The highest BCUT2D eigenvalue weighted by molar-refractivity contribution is 5.85. The Morgan fingerprint density at radius 3 is 2.24 bits per heavy atom. The zero-order chi connectivity index (χ0) is 21.0. The number of carbonyl (C=O) groups excluding carboxylic acids is 1. The first-order chi connectivity index (χ1) is 15.3. The van der Waals surface area contributed by atoms with E-state index in [2.05, 4.69) is 26.6 Å². The van der Waals surface area contributed by atoms with Gasteiger partial charge in [-0.25, -0.2) is 9.97 Å². The lowest BCUT2D eigenvalue weighted by Crippen LogP contribution is -2.49. The molecule has 2 aromatic heterocycles. The molecule has 0 saturated carbocycles. The monoisotopic (exact) mass is 483 g/mol. The summed E-state index contributed by atoms with van der Waals surface area (Å²) in [6.45, 7) is 3.31. The summed E-state index contributed by atoms with van der Waals surface area (Å²) in [6.07, 6.45) is 2.52. The van der Waals surface area contributed by atoms with Crippen LogP contribution in [0.3, 0.4) is 0 Å². The molecule has 0 spiro atoms. The van der Waals surface area contributed by atoms with Crippen LogP contribution < -0.4 is 4.90 Å². The van der Waals surface area contributed by atoms with Gasteiger partial charge in [-0.3, -0.25) is 4.79 Å². The standard InChI is InChI=1S/C25H25N5O.2ClH/c31-25(29-16-14-28(15-17-29)23-12-6-7-13-26-23)19-30-22-11-5-4-10-21(22)27-24(30)18-20-8-2-1-3-9-20;;/h1-13H,14-19H2;2*1H. The third-order valence-corrected chi connectivity index (χ3v) is 5.84. The van der Waals surface area contributed by atoms with E-state index in [4.69, 9.17) is 4.98 Å². The summed E-state index contributed by atoms with van der Waals surface area (Å²) in [7, 11) is 0. The SMILES string of the molecule is Cl.Cl.O=C(Cn1c(Cc2ccccc2)nc2ccccc21)N1CCN(c2ccccn2)CC1. The predicted octanol–water partition coefficient (Wildman–Crippen LogP) is 4.21. The van der Waals surface area contributed by atoms with E-state index in [1.165, 1.54) is 5.56 Å². The van der Waals surface area contributed by atoms with Crippen LogP contribution >= 0.6 is 24.8 Å². The first-order valence-electron chi connectivity index (χ1n) is 10.7. The quantitative estimate of drug-likeness (QED) is 0.426. The highest BCUT2D eigenvalue weighted by Gasteiger charge is 2.23. The van der Waals surface area contributed by atoms with Crippen LogP contribution in [0.1, 0.15) is 11.4 Å². The molecule has 3 heterocycles. The fourth-order valence-corrected chi connectivity index (χ4v) is 4.18. The smallest absolute Gasteiger partial charge is 0.242 e. The van der Waals surface area contributed by atoms with Crippen LogP contribution in [-0.2, 0) is 17.8 Å². The van der Waals surface area contributed by atoms with Crippen molar-refractivity contribution in [2.75, 3.05) is 31.1 Å². The molecule has 0 atom stereocenters. The number of anilines is 1. The Bertz CT molecular complexity index is 1180. The van der Waals surface area contributed by atoms with Gasteiger partial charge >= 0.3 is 0 Å². The minimum Gasteiger partial charge on any atom is -0.353 e. The van der Waals surface area contributed by atoms with E-state index < -0.39 is 0 Å². The van der Waals surface area contributed by atoms with Crippen LogP contribution in [0.25, 0.3) is 11.0 Å². The molecule has 5 rings (SSSR count). The van der Waals surface area contributed by atoms with Gasteiger partial charge in [0.05, 0.1) is 11.0 Å². The molecule has 172 valence electrons. The average molecular weight is 484 g/mol. The molecule has 6 nitrogen and oxygen atoms in total. The first kappa shape index (κ1) is 24.6. The minimum atomic E-state index is 0. The van der Waals surface area contributed by atoms with Crippen molar-refractivity contribution in [1.82, 2.24) is 19.4 Å². The molecule has 1 aliphatic heterocycles. The molecule has 33 heavy (non-hydrogen) atoms. The maximum atomic E-state index is 13.2. The van der Waals surface area contributed by atoms with Gasteiger partial charge in [0.25, 0.3) is 0 Å². The van der Waals surface area contributed by atoms with E-state index >= 15 is 0 Å². The van der Waals surface area contributed by atoms with Crippen LogP contribution in [0, 0.1) is 0 Å². The molecule has 0 aliphatic carbocycles. The lowest BCUT2D eigenvalue weighted by atomic mass is 10.1. The second-order valence-corrected chi connectivity index (χ2v) is 7.82. The number of amides is 1. The first-order valence-corrected chi connectivity index (χ1v) is 10.7. The van der Waals surface area contributed by atoms with Crippen molar-refractivity contribution < 1.29 is 4.79 Å². The highest BCUT2D eigenvalue weighted by Crippen LogP contribution is 2.20. The minimum absolute atomic E-state index is 0. The van der Waals surface area contributed by atoms with Crippen LogP contribution in [0.15, 0.2) is 79.0 Å². The molecular formula is C25H27Cl2N5O. The molecule has 0 N–H and O–H groups in total. The van der Waals surface area contributed by atoms with Gasteiger partial charge in [0, 0.05) is 38.8 Å². The third-order valence-electron chi connectivity index (χ3n) is 5.84.